The molecule has 1 heterocycles. The van der Waals surface area contributed by atoms with E-state index in [1.165, 1.54) is 6.20 Å². The monoisotopic (exact) mass is 298 g/mol. The van der Waals surface area contributed by atoms with Crippen LogP contribution < -0.4 is 10.1 Å². The molecule has 0 atom stereocenters. The van der Waals surface area contributed by atoms with Gasteiger partial charge in [-0.3, -0.25) is 0 Å². The van der Waals surface area contributed by atoms with Crippen LogP contribution in [0.1, 0.15) is 5.56 Å². The summed E-state index contributed by atoms with van der Waals surface area (Å²) < 4.78 is 44.0. The van der Waals surface area contributed by atoms with E-state index in [4.69, 9.17) is 9.84 Å². The van der Waals surface area contributed by atoms with E-state index in [0.29, 0.717) is 11.6 Å². The van der Waals surface area contributed by atoms with Crippen molar-refractivity contribution in [2.45, 2.75) is 6.54 Å². The lowest BCUT2D eigenvalue weighted by molar-refractivity contribution is 0.196. The minimum atomic E-state index is -1.48. The molecule has 2 aromatic rings. The average Bonchev–Trinajstić information content (AvgIpc) is 2.49. The lowest BCUT2D eigenvalue weighted by atomic mass is 10.2. The highest BCUT2D eigenvalue weighted by atomic mass is 19.2. The van der Waals surface area contributed by atoms with Gasteiger partial charge in [-0.05, 0) is 23.8 Å². The van der Waals surface area contributed by atoms with Crippen molar-refractivity contribution in [2.75, 3.05) is 18.5 Å². The molecule has 0 radical (unpaired) electrons. The Morgan fingerprint density at radius 3 is 2.43 bits per heavy atom. The van der Waals surface area contributed by atoms with E-state index in [9.17, 15) is 13.2 Å². The number of ether oxygens (including phenoxy) is 1. The van der Waals surface area contributed by atoms with Crippen molar-refractivity contribution in [1.82, 2.24) is 4.98 Å². The van der Waals surface area contributed by atoms with Gasteiger partial charge in [0.05, 0.1) is 18.5 Å². The average molecular weight is 298 g/mol. The first-order valence-corrected chi connectivity index (χ1v) is 6.17. The molecule has 7 heteroatoms. The van der Waals surface area contributed by atoms with Crippen molar-refractivity contribution in [1.29, 1.82) is 0 Å². The van der Waals surface area contributed by atoms with E-state index in [1.807, 2.05) is 0 Å². The van der Waals surface area contributed by atoms with Crippen molar-refractivity contribution >= 4 is 5.69 Å². The lowest BCUT2D eigenvalue weighted by Gasteiger charge is -2.08. The molecule has 0 saturated carbocycles. The maximum atomic E-state index is 13.0. The van der Waals surface area contributed by atoms with Gasteiger partial charge in [0.1, 0.15) is 6.61 Å². The molecule has 1 aromatic carbocycles. The third-order valence-electron chi connectivity index (χ3n) is 2.62. The van der Waals surface area contributed by atoms with Gasteiger partial charge in [-0.2, -0.15) is 0 Å². The molecule has 2 rings (SSSR count). The van der Waals surface area contributed by atoms with Gasteiger partial charge >= 0.3 is 0 Å². The van der Waals surface area contributed by atoms with Crippen LogP contribution in [0.15, 0.2) is 30.5 Å². The number of halogens is 3. The Kier molecular flexibility index (Phi) is 4.99. The molecule has 21 heavy (non-hydrogen) atoms. The number of hydrogen-bond donors (Lipinski definition) is 2. The standard InChI is InChI=1S/C14H13F3N2O2/c15-11-5-9(6-12(16)14(11)17)7-18-10-1-2-13(19-8-10)21-4-3-20/h1-2,5-6,8,18,20H,3-4,7H2. The van der Waals surface area contributed by atoms with Crippen LogP contribution in [0.2, 0.25) is 0 Å². The summed E-state index contributed by atoms with van der Waals surface area (Å²) in [5.74, 6) is -3.57. The van der Waals surface area contributed by atoms with Gasteiger partial charge in [-0.25, -0.2) is 18.2 Å². The van der Waals surface area contributed by atoms with Crippen molar-refractivity contribution in [3.05, 3.63) is 53.5 Å². The second-order valence-corrected chi connectivity index (χ2v) is 4.18. The SMILES string of the molecule is OCCOc1ccc(NCc2cc(F)c(F)c(F)c2)cn1. The number of anilines is 1. The number of pyridine rings is 1. The van der Waals surface area contributed by atoms with Gasteiger partial charge in [-0.1, -0.05) is 0 Å². The van der Waals surface area contributed by atoms with Crippen molar-refractivity contribution in [3.63, 3.8) is 0 Å². The highest BCUT2D eigenvalue weighted by Gasteiger charge is 2.10. The van der Waals surface area contributed by atoms with E-state index < -0.39 is 17.5 Å². The number of aliphatic hydroxyl groups excluding tert-OH is 1. The Bertz CT molecular complexity index is 583. The number of hydrogen-bond acceptors (Lipinski definition) is 4. The first-order chi connectivity index (χ1) is 10.1. The van der Waals surface area contributed by atoms with Crippen LogP contribution in [-0.4, -0.2) is 23.3 Å². The molecule has 0 aliphatic carbocycles. The van der Waals surface area contributed by atoms with Crippen molar-refractivity contribution in [2.24, 2.45) is 0 Å². The van der Waals surface area contributed by atoms with Gasteiger partial charge in [-0.15, -0.1) is 0 Å². The smallest absolute Gasteiger partial charge is 0.213 e. The summed E-state index contributed by atoms with van der Waals surface area (Å²) >= 11 is 0. The molecule has 1 aromatic heterocycles. The second kappa shape index (κ2) is 6.94. The van der Waals surface area contributed by atoms with Gasteiger partial charge in [0.2, 0.25) is 5.88 Å². The number of nitrogens with zero attached hydrogens (tertiary/aromatic N) is 1. The summed E-state index contributed by atoms with van der Waals surface area (Å²) in [4.78, 5) is 3.97. The highest BCUT2D eigenvalue weighted by Crippen LogP contribution is 2.16. The van der Waals surface area contributed by atoms with Crippen LogP contribution in [0.25, 0.3) is 0 Å². The third-order valence-corrected chi connectivity index (χ3v) is 2.62. The predicted octanol–water partition coefficient (Wildman–Crippen LogP) is 2.48. The zero-order valence-corrected chi connectivity index (χ0v) is 10.9. The maximum absolute atomic E-state index is 13.0. The highest BCUT2D eigenvalue weighted by molar-refractivity contribution is 5.42. The quantitative estimate of drug-likeness (QED) is 0.805. The maximum Gasteiger partial charge on any atom is 0.213 e. The van der Waals surface area contributed by atoms with Crippen LogP contribution in [0.3, 0.4) is 0 Å². The fourth-order valence-electron chi connectivity index (χ4n) is 1.63. The molecule has 0 fully saturated rings. The molecule has 0 bridgehead atoms. The molecule has 2 N–H and O–H groups in total. The fourth-order valence-corrected chi connectivity index (χ4v) is 1.63. The van der Waals surface area contributed by atoms with Crippen molar-refractivity contribution < 1.29 is 23.0 Å². The zero-order valence-electron chi connectivity index (χ0n) is 10.9. The van der Waals surface area contributed by atoms with E-state index in [1.54, 1.807) is 12.1 Å². The summed E-state index contributed by atoms with van der Waals surface area (Å²) in [7, 11) is 0. The topological polar surface area (TPSA) is 54.4 Å². The largest absolute Gasteiger partial charge is 0.475 e. The molecule has 0 unspecified atom stereocenters. The van der Waals surface area contributed by atoms with E-state index >= 15 is 0 Å². The van der Waals surface area contributed by atoms with Gasteiger partial charge in [0.15, 0.2) is 17.5 Å². The Morgan fingerprint density at radius 2 is 1.86 bits per heavy atom. The van der Waals surface area contributed by atoms with Crippen LogP contribution in [-0.2, 0) is 6.54 Å². The normalized spacial score (nSPS) is 10.5. The van der Waals surface area contributed by atoms with Crippen LogP contribution >= 0.6 is 0 Å². The molecule has 0 amide bonds. The molecule has 0 spiro atoms. The number of rotatable bonds is 6. The minimum absolute atomic E-state index is 0.108. The van der Waals surface area contributed by atoms with E-state index in [2.05, 4.69) is 10.3 Å². The first kappa shape index (κ1) is 15.1. The Balaban J connectivity index is 1.96. The second-order valence-electron chi connectivity index (χ2n) is 4.18. The molecular weight excluding hydrogens is 285 g/mol. The first-order valence-electron chi connectivity index (χ1n) is 6.17. The Labute approximate surface area is 119 Å². The zero-order chi connectivity index (χ0) is 15.2. The molecular formula is C14H13F3N2O2. The Morgan fingerprint density at radius 1 is 1.14 bits per heavy atom. The molecule has 0 aliphatic rings. The van der Waals surface area contributed by atoms with Crippen LogP contribution in [0.5, 0.6) is 5.88 Å². The summed E-state index contributed by atoms with van der Waals surface area (Å²) in [6.45, 7) is 0.157. The lowest BCUT2D eigenvalue weighted by Crippen LogP contribution is -2.04. The number of aliphatic hydroxyl groups is 1. The van der Waals surface area contributed by atoms with E-state index in [-0.39, 0.29) is 25.3 Å². The van der Waals surface area contributed by atoms with Gasteiger partial charge < -0.3 is 15.2 Å². The van der Waals surface area contributed by atoms with Gasteiger partial charge in [0, 0.05) is 12.6 Å². The molecule has 0 saturated heterocycles. The summed E-state index contributed by atoms with van der Waals surface area (Å²) in [6.07, 6.45) is 1.48. The minimum Gasteiger partial charge on any atom is -0.475 e. The molecule has 4 nitrogen and oxygen atoms in total. The van der Waals surface area contributed by atoms with Gasteiger partial charge in [0.25, 0.3) is 0 Å². The van der Waals surface area contributed by atoms with Crippen LogP contribution in [0.4, 0.5) is 18.9 Å². The Hall–Kier alpha value is -2.28. The van der Waals surface area contributed by atoms with Crippen molar-refractivity contribution in [3.8, 4) is 5.88 Å². The fraction of sp³-hybridized carbons (Fsp3) is 0.214. The summed E-state index contributed by atoms with van der Waals surface area (Å²) in [6, 6.07) is 5.11. The summed E-state index contributed by atoms with van der Waals surface area (Å²) in [5.41, 5.74) is 0.878. The third kappa shape index (κ3) is 4.09. The van der Waals surface area contributed by atoms with Crippen LogP contribution in [0, 0.1) is 17.5 Å². The number of aromatic nitrogens is 1. The number of nitrogens with one attached hydrogen (secondary N) is 1. The predicted molar refractivity (Wildman–Crippen MR) is 70.5 cm³/mol. The van der Waals surface area contributed by atoms with E-state index in [0.717, 1.165) is 12.1 Å². The molecule has 112 valence electrons. The summed E-state index contributed by atoms with van der Waals surface area (Å²) in [5, 5.41) is 11.5. The number of benzene rings is 1. The molecule has 0 aliphatic heterocycles.